The molecule has 1 fully saturated rings. The van der Waals surface area contributed by atoms with E-state index >= 15 is 0 Å². The topological polar surface area (TPSA) is 83.9 Å². The van der Waals surface area contributed by atoms with Crippen molar-refractivity contribution in [2.75, 3.05) is 0 Å². The zero-order valence-electron chi connectivity index (χ0n) is 11.1. The van der Waals surface area contributed by atoms with E-state index < -0.39 is 29.7 Å². The van der Waals surface area contributed by atoms with Gasteiger partial charge in [-0.05, 0) is 0 Å². The van der Waals surface area contributed by atoms with Crippen molar-refractivity contribution in [3.05, 3.63) is 0 Å². The fourth-order valence-corrected chi connectivity index (χ4v) is 1.89. The third-order valence-electron chi connectivity index (χ3n) is 2.87. The van der Waals surface area contributed by atoms with E-state index in [-0.39, 0.29) is 18.6 Å². The van der Waals surface area contributed by atoms with Crippen LogP contribution in [-0.4, -0.2) is 40.1 Å². The average Bonchev–Trinajstić information content (AvgIpc) is 2.56. The molecule has 0 saturated carbocycles. The van der Waals surface area contributed by atoms with Crippen molar-refractivity contribution < 1.29 is 24.2 Å². The van der Waals surface area contributed by atoms with E-state index in [4.69, 9.17) is 4.74 Å². The first-order chi connectivity index (χ1) is 8.18. The molecular weight excluding hydrogens is 238 g/mol. The fraction of sp³-hybridized carbons (Fsp3) is 0.750. The maximum Gasteiger partial charge on any atom is 0.410 e. The number of esters is 1. The standard InChI is InChI=1S/C12H19NO5/c1-5-7(14)6-8-9(15)18-10(12(2,3)4)13(8)11(16)17/h8,10H,5-6H2,1-4H3,(H,16,17). The highest BCUT2D eigenvalue weighted by Gasteiger charge is 2.50. The van der Waals surface area contributed by atoms with Gasteiger partial charge in [0.1, 0.15) is 11.8 Å². The van der Waals surface area contributed by atoms with Crippen LogP contribution in [0.1, 0.15) is 40.5 Å². The minimum atomic E-state index is -1.24. The summed E-state index contributed by atoms with van der Waals surface area (Å²) in [5.41, 5.74) is -0.530. The van der Waals surface area contributed by atoms with Gasteiger partial charge >= 0.3 is 12.1 Å². The molecule has 1 N–H and O–H groups in total. The summed E-state index contributed by atoms with van der Waals surface area (Å²) >= 11 is 0. The zero-order valence-corrected chi connectivity index (χ0v) is 11.1. The number of carbonyl (C=O) groups excluding carboxylic acids is 2. The Hall–Kier alpha value is -1.59. The van der Waals surface area contributed by atoms with Crippen molar-refractivity contribution in [3.8, 4) is 0 Å². The summed E-state index contributed by atoms with van der Waals surface area (Å²) in [7, 11) is 0. The first-order valence-corrected chi connectivity index (χ1v) is 5.92. The second kappa shape index (κ2) is 4.96. The molecular formula is C12H19NO5. The van der Waals surface area contributed by atoms with Crippen molar-refractivity contribution in [2.45, 2.75) is 52.8 Å². The van der Waals surface area contributed by atoms with Crippen LogP contribution in [0, 0.1) is 5.41 Å². The highest BCUT2D eigenvalue weighted by Crippen LogP contribution is 2.33. The van der Waals surface area contributed by atoms with Crippen LogP contribution < -0.4 is 0 Å². The van der Waals surface area contributed by atoms with Crippen LogP contribution in [0.3, 0.4) is 0 Å². The number of Topliss-reactive ketones (excluding diaryl/α,β-unsaturated/α-hetero) is 1. The number of ether oxygens (including phenoxy) is 1. The number of hydrogen-bond donors (Lipinski definition) is 1. The number of rotatable bonds is 3. The molecule has 0 aromatic heterocycles. The number of amides is 1. The molecule has 2 atom stereocenters. The van der Waals surface area contributed by atoms with Crippen molar-refractivity contribution in [3.63, 3.8) is 0 Å². The van der Waals surface area contributed by atoms with Crippen molar-refractivity contribution in [1.29, 1.82) is 0 Å². The van der Waals surface area contributed by atoms with Gasteiger partial charge < -0.3 is 9.84 Å². The molecule has 1 rings (SSSR count). The largest absolute Gasteiger partial charge is 0.465 e. The molecule has 1 aliphatic rings. The summed E-state index contributed by atoms with van der Waals surface area (Å²) < 4.78 is 5.11. The Morgan fingerprint density at radius 1 is 1.39 bits per heavy atom. The number of carboxylic acid groups (broad SMARTS) is 1. The third-order valence-corrected chi connectivity index (χ3v) is 2.87. The fourth-order valence-electron chi connectivity index (χ4n) is 1.89. The smallest absolute Gasteiger partial charge is 0.410 e. The molecule has 0 aromatic carbocycles. The molecule has 1 heterocycles. The van der Waals surface area contributed by atoms with Crippen LogP contribution in [0.25, 0.3) is 0 Å². The van der Waals surface area contributed by atoms with Crippen LogP contribution in [0.2, 0.25) is 0 Å². The number of cyclic esters (lactones) is 1. The molecule has 6 heteroatoms. The second-order valence-corrected chi connectivity index (χ2v) is 5.46. The molecule has 6 nitrogen and oxygen atoms in total. The molecule has 0 bridgehead atoms. The first-order valence-electron chi connectivity index (χ1n) is 5.92. The van der Waals surface area contributed by atoms with Gasteiger partial charge in [0, 0.05) is 18.3 Å². The van der Waals surface area contributed by atoms with Crippen LogP contribution in [0.4, 0.5) is 4.79 Å². The van der Waals surface area contributed by atoms with Gasteiger partial charge in [-0.1, -0.05) is 27.7 Å². The lowest BCUT2D eigenvalue weighted by atomic mass is 9.93. The van der Waals surface area contributed by atoms with Crippen LogP contribution in [0.15, 0.2) is 0 Å². The van der Waals surface area contributed by atoms with Crippen molar-refractivity contribution >= 4 is 17.8 Å². The Balaban J connectivity index is 2.99. The number of nitrogens with zero attached hydrogens (tertiary/aromatic N) is 1. The summed E-state index contributed by atoms with van der Waals surface area (Å²) in [6, 6.07) is -1.01. The molecule has 0 radical (unpaired) electrons. The summed E-state index contributed by atoms with van der Waals surface area (Å²) in [5.74, 6) is -0.795. The lowest BCUT2D eigenvalue weighted by Gasteiger charge is -2.32. The lowest BCUT2D eigenvalue weighted by Crippen LogP contribution is -2.47. The van der Waals surface area contributed by atoms with Crippen molar-refractivity contribution in [1.82, 2.24) is 4.90 Å². The minimum absolute atomic E-state index is 0.117. The van der Waals surface area contributed by atoms with E-state index in [0.29, 0.717) is 0 Å². The van der Waals surface area contributed by atoms with E-state index in [9.17, 15) is 19.5 Å². The average molecular weight is 257 g/mol. The van der Waals surface area contributed by atoms with Crippen molar-refractivity contribution in [2.24, 2.45) is 5.41 Å². The van der Waals surface area contributed by atoms with Gasteiger partial charge in [-0.25, -0.2) is 9.59 Å². The quantitative estimate of drug-likeness (QED) is 0.777. The predicted octanol–water partition coefficient (Wildman–Crippen LogP) is 1.63. The van der Waals surface area contributed by atoms with E-state index in [0.717, 1.165) is 4.90 Å². The van der Waals surface area contributed by atoms with E-state index in [2.05, 4.69) is 0 Å². The van der Waals surface area contributed by atoms with E-state index in [1.54, 1.807) is 27.7 Å². The maximum absolute atomic E-state index is 11.7. The van der Waals surface area contributed by atoms with Crippen LogP contribution >= 0.6 is 0 Å². The maximum atomic E-state index is 11.7. The third kappa shape index (κ3) is 2.80. The van der Waals surface area contributed by atoms with Gasteiger partial charge in [-0.15, -0.1) is 0 Å². The number of carbonyl (C=O) groups is 3. The van der Waals surface area contributed by atoms with Gasteiger partial charge in [0.05, 0.1) is 0 Å². The zero-order chi connectivity index (χ0) is 14.1. The first kappa shape index (κ1) is 14.5. The monoisotopic (exact) mass is 257 g/mol. The normalized spacial score (nSPS) is 24.0. The highest BCUT2D eigenvalue weighted by molar-refractivity contribution is 5.90. The van der Waals surface area contributed by atoms with Crippen LogP contribution in [-0.2, 0) is 14.3 Å². The molecule has 102 valence electrons. The number of hydrogen-bond acceptors (Lipinski definition) is 4. The van der Waals surface area contributed by atoms with Gasteiger partial charge in [0.25, 0.3) is 0 Å². The Labute approximate surface area is 106 Å². The Bertz CT molecular complexity index is 371. The van der Waals surface area contributed by atoms with Gasteiger partial charge in [0.15, 0.2) is 6.23 Å². The van der Waals surface area contributed by atoms with E-state index in [1.165, 1.54) is 0 Å². The van der Waals surface area contributed by atoms with Gasteiger partial charge in [-0.2, -0.15) is 0 Å². The molecule has 0 aliphatic carbocycles. The summed E-state index contributed by atoms with van der Waals surface area (Å²) in [6.45, 7) is 7.02. The summed E-state index contributed by atoms with van der Waals surface area (Å²) in [6.07, 6.45) is -1.93. The molecule has 0 aromatic rings. The second-order valence-electron chi connectivity index (χ2n) is 5.46. The lowest BCUT2D eigenvalue weighted by molar-refractivity contribution is -0.147. The summed E-state index contributed by atoms with van der Waals surface area (Å²) in [4.78, 5) is 35.3. The SMILES string of the molecule is CCC(=O)CC1C(=O)OC(C(C)(C)C)N1C(=O)O. The minimum Gasteiger partial charge on any atom is -0.465 e. The molecule has 2 unspecified atom stereocenters. The Morgan fingerprint density at radius 3 is 2.33 bits per heavy atom. The Kier molecular flexibility index (Phi) is 3.98. The predicted molar refractivity (Wildman–Crippen MR) is 62.9 cm³/mol. The highest BCUT2D eigenvalue weighted by atomic mass is 16.6. The van der Waals surface area contributed by atoms with E-state index in [1.807, 2.05) is 0 Å². The molecule has 0 spiro atoms. The van der Waals surface area contributed by atoms with Crippen LogP contribution in [0.5, 0.6) is 0 Å². The molecule has 1 saturated heterocycles. The molecule has 18 heavy (non-hydrogen) atoms. The number of ketones is 1. The summed E-state index contributed by atoms with van der Waals surface area (Å²) in [5, 5.41) is 9.20. The molecule has 1 aliphatic heterocycles. The van der Waals surface area contributed by atoms with Gasteiger partial charge in [-0.3, -0.25) is 9.69 Å². The Morgan fingerprint density at radius 2 is 1.94 bits per heavy atom. The molecule has 1 amide bonds. The van der Waals surface area contributed by atoms with Gasteiger partial charge in [0.2, 0.25) is 0 Å².